The minimum atomic E-state index is -0.337. The highest BCUT2D eigenvalue weighted by molar-refractivity contribution is 5.90. The topological polar surface area (TPSA) is 84.2 Å². The van der Waals surface area contributed by atoms with Crippen molar-refractivity contribution in [3.63, 3.8) is 0 Å². The first-order chi connectivity index (χ1) is 9.11. The number of nitrogens with two attached hydrogens (primary N) is 1. The summed E-state index contributed by atoms with van der Waals surface area (Å²) >= 11 is 0. The average Bonchev–Trinajstić information content (AvgIpc) is 2.39. The van der Waals surface area contributed by atoms with Crippen molar-refractivity contribution in [2.45, 2.75) is 26.2 Å². The molecule has 1 aromatic carbocycles. The maximum absolute atomic E-state index is 11.2. The number of carbonyl (C=O) groups excluding carboxylic acids is 2. The van der Waals surface area contributed by atoms with Crippen LogP contribution in [0.15, 0.2) is 24.3 Å². The molecule has 0 saturated heterocycles. The van der Waals surface area contributed by atoms with Crippen LogP contribution < -0.4 is 16.4 Å². The third-order valence-electron chi connectivity index (χ3n) is 2.68. The molecule has 0 saturated carbocycles. The van der Waals surface area contributed by atoms with Gasteiger partial charge in [0.15, 0.2) is 0 Å². The second-order valence-electron chi connectivity index (χ2n) is 4.35. The van der Waals surface area contributed by atoms with Gasteiger partial charge in [-0.25, -0.2) is 0 Å². The van der Waals surface area contributed by atoms with E-state index in [4.69, 9.17) is 5.73 Å². The third-order valence-corrected chi connectivity index (χ3v) is 2.68. The molecule has 0 unspecified atom stereocenters. The molecular formula is C14H21N3O2. The molecule has 19 heavy (non-hydrogen) atoms. The van der Waals surface area contributed by atoms with Crippen molar-refractivity contribution in [2.75, 3.05) is 18.4 Å². The summed E-state index contributed by atoms with van der Waals surface area (Å²) in [5.41, 5.74) is 7.04. The first-order valence-corrected chi connectivity index (χ1v) is 6.49. The maximum Gasteiger partial charge on any atom is 0.231 e. The van der Waals surface area contributed by atoms with Crippen LogP contribution in [-0.2, 0) is 16.0 Å². The molecule has 5 nitrogen and oxygen atoms in total. The fraction of sp³-hybridized carbons (Fsp3) is 0.429. The Kier molecular flexibility index (Phi) is 6.60. The molecule has 0 aromatic heterocycles. The summed E-state index contributed by atoms with van der Waals surface area (Å²) in [6.45, 7) is 2.81. The van der Waals surface area contributed by atoms with Gasteiger partial charge in [-0.15, -0.1) is 0 Å². The summed E-state index contributed by atoms with van der Waals surface area (Å²) in [6, 6.07) is 7.80. The number of benzene rings is 1. The van der Waals surface area contributed by atoms with Crippen LogP contribution >= 0.6 is 0 Å². The Morgan fingerprint density at radius 3 is 2.47 bits per heavy atom. The van der Waals surface area contributed by atoms with Crippen molar-refractivity contribution in [3.8, 4) is 0 Å². The van der Waals surface area contributed by atoms with E-state index in [1.54, 1.807) is 0 Å². The largest absolute Gasteiger partial charge is 0.369 e. The molecule has 0 spiro atoms. The molecule has 0 aliphatic heterocycles. The van der Waals surface area contributed by atoms with Crippen LogP contribution in [0, 0.1) is 0 Å². The Morgan fingerprint density at radius 2 is 1.89 bits per heavy atom. The van der Waals surface area contributed by atoms with E-state index >= 15 is 0 Å². The van der Waals surface area contributed by atoms with Gasteiger partial charge in [0, 0.05) is 12.1 Å². The highest BCUT2D eigenvalue weighted by atomic mass is 16.2. The van der Waals surface area contributed by atoms with Crippen LogP contribution in [0.5, 0.6) is 0 Å². The zero-order chi connectivity index (χ0) is 14.1. The highest BCUT2D eigenvalue weighted by Crippen LogP contribution is 2.11. The molecule has 1 aromatic rings. The van der Waals surface area contributed by atoms with E-state index in [0.717, 1.165) is 25.1 Å². The number of aryl methyl sites for hydroxylation is 1. The molecule has 104 valence electrons. The lowest BCUT2D eigenvalue weighted by Crippen LogP contribution is -2.29. The van der Waals surface area contributed by atoms with E-state index < -0.39 is 0 Å². The highest BCUT2D eigenvalue weighted by Gasteiger charge is 1.99. The standard InChI is InChI=1S/C14H21N3O2/c1-2-14(19)17-12-7-5-11(6-8-12)4-3-9-16-10-13(15)18/h5-8,16H,2-4,9-10H2,1H3,(H2,15,18)(H,17,19). The second-order valence-corrected chi connectivity index (χ2v) is 4.35. The zero-order valence-electron chi connectivity index (χ0n) is 11.2. The summed E-state index contributed by atoms with van der Waals surface area (Å²) in [4.78, 5) is 21.7. The van der Waals surface area contributed by atoms with E-state index in [-0.39, 0.29) is 18.4 Å². The lowest BCUT2D eigenvalue weighted by Gasteiger charge is -2.06. The van der Waals surface area contributed by atoms with Crippen molar-refractivity contribution in [2.24, 2.45) is 5.73 Å². The van der Waals surface area contributed by atoms with Gasteiger partial charge in [-0.1, -0.05) is 19.1 Å². The van der Waals surface area contributed by atoms with E-state index in [2.05, 4.69) is 10.6 Å². The Bertz CT molecular complexity index is 415. The molecule has 0 atom stereocenters. The summed E-state index contributed by atoms with van der Waals surface area (Å²) in [5, 5.41) is 5.77. The van der Waals surface area contributed by atoms with Crippen molar-refractivity contribution in [1.82, 2.24) is 5.32 Å². The van der Waals surface area contributed by atoms with Crippen LogP contribution in [0.4, 0.5) is 5.69 Å². The SMILES string of the molecule is CCC(=O)Nc1ccc(CCCNCC(N)=O)cc1. The number of amides is 2. The maximum atomic E-state index is 11.2. The smallest absolute Gasteiger partial charge is 0.231 e. The molecule has 4 N–H and O–H groups in total. The van der Waals surface area contributed by atoms with Crippen LogP contribution in [0.2, 0.25) is 0 Å². The van der Waals surface area contributed by atoms with Crippen molar-refractivity contribution >= 4 is 17.5 Å². The first kappa shape index (κ1) is 15.2. The van der Waals surface area contributed by atoms with Gasteiger partial charge in [-0.05, 0) is 37.1 Å². The minimum Gasteiger partial charge on any atom is -0.369 e. The van der Waals surface area contributed by atoms with Gasteiger partial charge in [0.05, 0.1) is 6.54 Å². The van der Waals surface area contributed by atoms with Gasteiger partial charge in [0.25, 0.3) is 0 Å². The number of hydrogen-bond donors (Lipinski definition) is 3. The predicted octanol–water partition coefficient (Wildman–Crippen LogP) is 1.04. The Balaban J connectivity index is 2.28. The van der Waals surface area contributed by atoms with Crippen LogP contribution in [0.1, 0.15) is 25.3 Å². The second kappa shape index (κ2) is 8.26. The van der Waals surface area contributed by atoms with E-state index in [9.17, 15) is 9.59 Å². The summed E-state index contributed by atoms with van der Waals surface area (Å²) in [6.07, 6.45) is 2.34. The van der Waals surface area contributed by atoms with Crippen molar-refractivity contribution in [1.29, 1.82) is 0 Å². The van der Waals surface area contributed by atoms with E-state index in [1.165, 1.54) is 5.56 Å². The lowest BCUT2D eigenvalue weighted by molar-refractivity contribution is -0.117. The molecule has 1 rings (SSSR count). The Labute approximate surface area is 113 Å². The van der Waals surface area contributed by atoms with Crippen LogP contribution in [0.3, 0.4) is 0 Å². The van der Waals surface area contributed by atoms with Crippen LogP contribution in [-0.4, -0.2) is 24.9 Å². The molecule has 0 heterocycles. The fourth-order valence-electron chi connectivity index (χ4n) is 1.63. The molecule has 0 radical (unpaired) electrons. The molecule has 0 aliphatic rings. The van der Waals surface area contributed by atoms with Gasteiger partial charge < -0.3 is 16.4 Å². The Hall–Kier alpha value is -1.88. The molecule has 0 bridgehead atoms. The number of rotatable bonds is 8. The van der Waals surface area contributed by atoms with Gasteiger partial charge in [0.1, 0.15) is 0 Å². The normalized spacial score (nSPS) is 10.2. The summed E-state index contributed by atoms with van der Waals surface area (Å²) < 4.78 is 0. The molecular weight excluding hydrogens is 242 g/mol. The number of nitrogens with one attached hydrogen (secondary N) is 2. The number of anilines is 1. The van der Waals surface area contributed by atoms with Gasteiger partial charge >= 0.3 is 0 Å². The van der Waals surface area contributed by atoms with Gasteiger partial charge in [0.2, 0.25) is 11.8 Å². The quantitative estimate of drug-likeness (QED) is 0.613. The number of primary amides is 1. The fourth-order valence-corrected chi connectivity index (χ4v) is 1.63. The van der Waals surface area contributed by atoms with Crippen molar-refractivity contribution < 1.29 is 9.59 Å². The third kappa shape index (κ3) is 6.57. The number of carbonyl (C=O) groups is 2. The Morgan fingerprint density at radius 1 is 1.21 bits per heavy atom. The summed E-state index contributed by atoms with van der Waals surface area (Å²) in [7, 11) is 0. The van der Waals surface area contributed by atoms with E-state index in [1.807, 2.05) is 31.2 Å². The molecule has 2 amide bonds. The first-order valence-electron chi connectivity index (χ1n) is 6.49. The lowest BCUT2D eigenvalue weighted by atomic mass is 10.1. The van der Waals surface area contributed by atoms with Crippen molar-refractivity contribution in [3.05, 3.63) is 29.8 Å². The number of hydrogen-bond acceptors (Lipinski definition) is 3. The minimum absolute atomic E-state index is 0.0170. The van der Waals surface area contributed by atoms with Crippen LogP contribution in [0.25, 0.3) is 0 Å². The average molecular weight is 263 g/mol. The van der Waals surface area contributed by atoms with E-state index in [0.29, 0.717) is 6.42 Å². The summed E-state index contributed by atoms with van der Waals surface area (Å²) in [5.74, 6) is -0.320. The monoisotopic (exact) mass is 263 g/mol. The van der Waals surface area contributed by atoms with Gasteiger partial charge in [-0.3, -0.25) is 9.59 Å². The molecule has 0 aliphatic carbocycles. The predicted molar refractivity (Wildman–Crippen MR) is 75.7 cm³/mol. The molecule has 0 fully saturated rings. The molecule has 5 heteroatoms. The zero-order valence-corrected chi connectivity index (χ0v) is 11.2. The van der Waals surface area contributed by atoms with Gasteiger partial charge in [-0.2, -0.15) is 0 Å².